The number of hydrogen-bond acceptors (Lipinski definition) is 4. The summed E-state index contributed by atoms with van der Waals surface area (Å²) in [6.45, 7) is 3.88. The third kappa shape index (κ3) is 3.15. The van der Waals surface area contributed by atoms with Gasteiger partial charge in [0.1, 0.15) is 0 Å². The summed E-state index contributed by atoms with van der Waals surface area (Å²) in [5, 5.41) is 3.54. The van der Waals surface area contributed by atoms with E-state index < -0.39 is 0 Å². The number of ketones is 1. The summed E-state index contributed by atoms with van der Waals surface area (Å²) in [6.07, 6.45) is 0. The highest BCUT2D eigenvalue weighted by Crippen LogP contribution is 2.29. The van der Waals surface area contributed by atoms with Crippen LogP contribution in [0.5, 0.6) is 5.75 Å². The molecule has 1 aromatic heterocycles. The number of nitrogens with one attached hydrogen (secondary N) is 1. The topological polar surface area (TPSA) is 68.5 Å². The van der Waals surface area contributed by atoms with E-state index in [-0.39, 0.29) is 17.5 Å². The Morgan fingerprint density at radius 3 is 2.67 bits per heavy atom. The highest BCUT2D eigenvalue weighted by Gasteiger charge is 2.15. The molecular weight excluding hydrogens is 306 g/mol. The first-order chi connectivity index (χ1) is 11.6. The fourth-order valence-electron chi connectivity index (χ4n) is 2.43. The van der Waals surface area contributed by atoms with Crippen molar-refractivity contribution in [1.29, 1.82) is 0 Å². The van der Waals surface area contributed by atoms with Gasteiger partial charge < -0.3 is 14.5 Å². The third-order valence-corrected chi connectivity index (χ3v) is 3.56. The average Bonchev–Trinajstić information content (AvgIpc) is 3.01. The van der Waals surface area contributed by atoms with Gasteiger partial charge in [0.2, 0.25) is 0 Å². The van der Waals surface area contributed by atoms with Crippen molar-refractivity contribution >= 4 is 28.3 Å². The van der Waals surface area contributed by atoms with Crippen LogP contribution in [0.1, 0.15) is 34.8 Å². The normalized spacial score (nSPS) is 10.6. The van der Waals surface area contributed by atoms with E-state index in [0.29, 0.717) is 29.2 Å². The number of ether oxygens (including phenoxy) is 1. The van der Waals surface area contributed by atoms with Crippen molar-refractivity contribution in [2.75, 3.05) is 11.9 Å². The molecule has 0 fully saturated rings. The largest absolute Gasteiger partial charge is 0.490 e. The molecular formula is C19H17NO4. The van der Waals surface area contributed by atoms with Gasteiger partial charge in [0.05, 0.1) is 6.61 Å². The third-order valence-electron chi connectivity index (χ3n) is 3.56. The van der Waals surface area contributed by atoms with Crippen molar-refractivity contribution in [3.05, 3.63) is 59.9 Å². The van der Waals surface area contributed by atoms with Gasteiger partial charge in [-0.15, -0.1) is 0 Å². The molecule has 122 valence electrons. The highest BCUT2D eigenvalue weighted by molar-refractivity contribution is 6.05. The minimum absolute atomic E-state index is 0.0591. The highest BCUT2D eigenvalue weighted by atomic mass is 16.5. The van der Waals surface area contributed by atoms with Crippen LogP contribution in [-0.4, -0.2) is 18.3 Å². The summed E-state index contributed by atoms with van der Waals surface area (Å²) in [5.41, 5.74) is 1.62. The first-order valence-electron chi connectivity index (χ1n) is 7.66. The van der Waals surface area contributed by atoms with Crippen LogP contribution in [0.3, 0.4) is 0 Å². The van der Waals surface area contributed by atoms with Crippen molar-refractivity contribution in [1.82, 2.24) is 0 Å². The summed E-state index contributed by atoms with van der Waals surface area (Å²) in [5.74, 6) is 0.351. The molecule has 0 aliphatic carbocycles. The maximum absolute atomic E-state index is 12.4. The zero-order valence-corrected chi connectivity index (χ0v) is 13.5. The number of carbonyl (C=O) groups is 2. The Labute approximate surface area is 139 Å². The predicted molar refractivity (Wildman–Crippen MR) is 91.8 cm³/mol. The summed E-state index contributed by atoms with van der Waals surface area (Å²) < 4.78 is 11.2. The Kier molecular flexibility index (Phi) is 4.33. The number of furan rings is 1. The second kappa shape index (κ2) is 6.58. The zero-order valence-electron chi connectivity index (χ0n) is 13.5. The van der Waals surface area contributed by atoms with E-state index in [1.165, 1.54) is 6.92 Å². The van der Waals surface area contributed by atoms with E-state index in [1.54, 1.807) is 36.4 Å². The SMILES string of the molecule is CCOc1cccc2cc(C(=O)Nc3cccc(C(C)=O)c3)oc12. The summed E-state index contributed by atoms with van der Waals surface area (Å²) in [7, 11) is 0. The minimum Gasteiger partial charge on any atom is -0.490 e. The zero-order chi connectivity index (χ0) is 17.1. The van der Waals surface area contributed by atoms with Crippen LogP contribution in [0.15, 0.2) is 52.9 Å². The summed E-state index contributed by atoms with van der Waals surface area (Å²) >= 11 is 0. The first-order valence-corrected chi connectivity index (χ1v) is 7.66. The molecule has 0 spiro atoms. The van der Waals surface area contributed by atoms with E-state index >= 15 is 0 Å². The number of anilines is 1. The van der Waals surface area contributed by atoms with E-state index in [1.807, 2.05) is 19.1 Å². The van der Waals surface area contributed by atoms with Gasteiger partial charge in [0.25, 0.3) is 5.91 Å². The molecule has 0 aliphatic heterocycles. The van der Waals surface area contributed by atoms with E-state index in [9.17, 15) is 9.59 Å². The number of fused-ring (bicyclic) bond motifs is 1. The van der Waals surface area contributed by atoms with Gasteiger partial charge in [0, 0.05) is 16.6 Å². The molecule has 1 heterocycles. The number of amides is 1. The van der Waals surface area contributed by atoms with Gasteiger partial charge in [-0.1, -0.05) is 24.3 Å². The molecule has 1 amide bonds. The lowest BCUT2D eigenvalue weighted by Gasteiger charge is -2.04. The number of Topliss-reactive ketones (excluding diaryl/α,β-unsaturated/α-hetero) is 1. The molecule has 3 rings (SSSR count). The van der Waals surface area contributed by atoms with E-state index in [4.69, 9.17) is 9.15 Å². The monoisotopic (exact) mass is 323 g/mol. The van der Waals surface area contributed by atoms with Gasteiger partial charge in [-0.2, -0.15) is 0 Å². The Balaban J connectivity index is 1.87. The summed E-state index contributed by atoms with van der Waals surface area (Å²) in [6, 6.07) is 13.9. The molecule has 2 aromatic carbocycles. The second-order valence-electron chi connectivity index (χ2n) is 5.31. The lowest BCUT2D eigenvalue weighted by molar-refractivity contribution is 0.0993. The number of hydrogen-bond donors (Lipinski definition) is 1. The maximum atomic E-state index is 12.4. The fraction of sp³-hybridized carbons (Fsp3) is 0.158. The molecule has 0 aliphatic rings. The second-order valence-corrected chi connectivity index (χ2v) is 5.31. The van der Waals surface area contributed by atoms with E-state index in [2.05, 4.69) is 5.32 Å². The first kappa shape index (κ1) is 15.8. The molecule has 0 radical (unpaired) electrons. The van der Waals surface area contributed by atoms with Crippen LogP contribution in [-0.2, 0) is 0 Å². The fourth-order valence-corrected chi connectivity index (χ4v) is 2.43. The molecule has 24 heavy (non-hydrogen) atoms. The quantitative estimate of drug-likeness (QED) is 0.711. The molecule has 1 N–H and O–H groups in total. The van der Waals surface area contributed by atoms with Crippen molar-refractivity contribution in [2.24, 2.45) is 0 Å². The Morgan fingerprint density at radius 2 is 1.92 bits per heavy atom. The van der Waals surface area contributed by atoms with Crippen molar-refractivity contribution in [3.8, 4) is 5.75 Å². The molecule has 0 saturated heterocycles. The maximum Gasteiger partial charge on any atom is 0.291 e. The number of rotatable bonds is 5. The average molecular weight is 323 g/mol. The van der Waals surface area contributed by atoms with Crippen LogP contribution in [0.25, 0.3) is 11.0 Å². The lowest BCUT2D eigenvalue weighted by atomic mass is 10.1. The lowest BCUT2D eigenvalue weighted by Crippen LogP contribution is -2.11. The van der Waals surface area contributed by atoms with Crippen LogP contribution in [0, 0.1) is 0 Å². The number of benzene rings is 2. The van der Waals surface area contributed by atoms with Crippen molar-refractivity contribution < 1.29 is 18.7 Å². The van der Waals surface area contributed by atoms with Crippen LogP contribution in [0.4, 0.5) is 5.69 Å². The molecule has 0 unspecified atom stereocenters. The van der Waals surface area contributed by atoms with E-state index in [0.717, 1.165) is 5.39 Å². The molecule has 3 aromatic rings. The Hall–Kier alpha value is -3.08. The summed E-state index contributed by atoms with van der Waals surface area (Å²) in [4.78, 5) is 23.8. The van der Waals surface area contributed by atoms with Crippen LogP contribution in [0.2, 0.25) is 0 Å². The van der Waals surface area contributed by atoms with Gasteiger partial charge in [0.15, 0.2) is 22.9 Å². The predicted octanol–water partition coefficient (Wildman–Crippen LogP) is 4.29. The van der Waals surface area contributed by atoms with Gasteiger partial charge >= 0.3 is 0 Å². The van der Waals surface area contributed by atoms with Gasteiger partial charge in [-0.05, 0) is 38.1 Å². The molecule has 0 atom stereocenters. The molecule has 5 nitrogen and oxygen atoms in total. The minimum atomic E-state index is -0.380. The Morgan fingerprint density at radius 1 is 1.12 bits per heavy atom. The van der Waals surface area contributed by atoms with Crippen molar-refractivity contribution in [3.63, 3.8) is 0 Å². The van der Waals surface area contributed by atoms with Crippen LogP contribution >= 0.6 is 0 Å². The molecule has 0 saturated carbocycles. The number of carbonyl (C=O) groups excluding carboxylic acids is 2. The smallest absolute Gasteiger partial charge is 0.291 e. The molecule has 0 bridgehead atoms. The standard InChI is InChI=1S/C19H17NO4/c1-3-23-16-9-5-7-14-11-17(24-18(14)16)19(22)20-15-8-4-6-13(10-15)12(2)21/h4-11H,3H2,1-2H3,(H,20,22). The van der Waals surface area contributed by atoms with Gasteiger partial charge in [-0.25, -0.2) is 0 Å². The van der Waals surface area contributed by atoms with Crippen molar-refractivity contribution in [2.45, 2.75) is 13.8 Å². The van der Waals surface area contributed by atoms with Gasteiger partial charge in [-0.3, -0.25) is 9.59 Å². The Bertz CT molecular complexity index is 911. The number of para-hydroxylation sites is 1. The van der Waals surface area contributed by atoms with Crippen LogP contribution < -0.4 is 10.1 Å². The molecule has 5 heteroatoms.